The summed E-state index contributed by atoms with van der Waals surface area (Å²) < 4.78 is 0. The molecule has 0 aliphatic heterocycles. The smallest absolute Gasteiger partial charge is 0.0991 e. The van der Waals surface area contributed by atoms with E-state index in [0.717, 1.165) is 100 Å². The Balaban J connectivity index is 1.24. The van der Waals surface area contributed by atoms with E-state index in [-0.39, 0.29) is 0 Å². The molecule has 0 N–H and O–H groups in total. The van der Waals surface area contributed by atoms with Crippen molar-refractivity contribution in [3.05, 3.63) is 215 Å². The number of aryl methyl sites for hydroxylation is 4. The number of anilines is 6. The van der Waals surface area contributed by atoms with Crippen LogP contribution in [0.25, 0.3) is 54.6 Å². The molecule has 4 heteroatoms. The molecule has 0 aliphatic rings. The van der Waals surface area contributed by atoms with E-state index in [9.17, 15) is 10.5 Å². The Morgan fingerprint density at radius 3 is 1.10 bits per heavy atom. The van der Waals surface area contributed by atoms with E-state index in [4.69, 9.17) is 0 Å². The topological polar surface area (TPSA) is 54.1 Å². The van der Waals surface area contributed by atoms with Crippen molar-refractivity contribution in [3.63, 3.8) is 0 Å². The van der Waals surface area contributed by atoms with Gasteiger partial charge >= 0.3 is 0 Å². The first-order valence-corrected chi connectivity index (χ1v) is 21.0. The lowest BCUT2D eigenvalue weighted by Crippen LogP contribution is -2.14. The predicted octanol–water partition coefficient (Wildman–Crippen LogP) is 15.8. The number of hydrogen-bond acceptors (Lipinski definition) is 4. The van der Waals surface area contributed by atoms with Gasteiger partial charge in [0, 0.05) is 33.5 Å². The van der Waals surface area contributed by atoms with Crippen LogP contribution in [0.1, 0.15) is 33.4 Å². The fourth-order valence-corrected chi connectivity index (χ4v) is 9.21. The molecule has 0 aliphatic carbocycles. The molecule has 10 aromatic rings. The molecule has 10 rings (SSSR count). The predicted molar refractivity (Wildman–Crippen MR) is 259 cm³/mol. The quantitative estimate of drug-likeness (QED) is 0.144. The molecule has 0 atom stereocenters. The zero-order valence-corrected chi connectivity index (χ0v) is 35.1. The molecule has 0 heterocycles. The van der Waals surface area contributed by atoms with Crippen molar-refractivity contribution in [2.24, 2.45) is 0 Å². The monoisotopic (exact) mass is 794 g/mol. The van der Waals surface area contributed by atoms with Crippen molar-refractivity contribution in [1.82, 2.24) is 0 Å². The van der Waals surface area contributed by atoms with Crippen LogP contribution < -0.4 is 9.80 Å². The first-order chi connectivity index (χ1) is 30.3. The van der Waals surface area contributed by atoms with E-state index < -0.39 is 0 Å². The molecule has 0 saturated heterocycles. The molecular weight excluding hydrogens is 753 g/mol. The molecule has 294 valence electrons. The van der Waals surface area contributed by atoms with E-state index in [1.165, 1.54) is 10.8 Å². The van der Waals surface area contributed by atoms with Crippen molar-refractivity contribution >= 4 is 66.4 Å². The maximum atomic E-state index is 9.88. The van der Waals surface area contributed by atoms with E-state index in [0.29, 0.717) is 11.1 Å². The molecule has 0 aromatic heterocycles. The van der Waals surface area contributed by atoms with E-state index in [1.807, 2.05) is 24.3 Å². The van der Waals surface area contributed by atoms with Gasteiger partial charge in [-0.05, 0) is 154 Å². The average Bonchev–Trinajstić information content (AvgIpc) is 3.31. The summed E-state index contributed by atoms with van der Waals surface area (Å²) >= 11 is 0. The maximum absolute atomic E-state index is 9.88. The standard InChI is InChI=1S/C58H42N4/c1-37-15-19-47(43-11-7-5-8-12-43)33-55(37)61(51-27-17-41(35-59)31-39(51)3)53-29-23-45-22-26-50-54(30-24-46-21-25-49(53)57(45)58(46)50)62(52-28-18-42(36-60)32-40(52)4)56-34-48(20-16-38(56)2)44-13-9-6-10-14-44/h5-34H,1-4H3. The summed E-state index contributed by atoms with van der Waals surface area (Å²) in [7, 11) is 0. The molecule has 0 spiro atoms. The summed E-state index contributed by atoms with van der Waals surface area (Å²) in [5, 5.41) is 26.7. The van der Waals surface area contributed by atoms with Crippen molar-refractivity contribution in [3.8, 4) is 34.4 Å². The van der Waals surface area contributed by atoms with Gasteiger partial charge in [-0.15, -0.1) is 0 Å². The minimum absolute atomic E-state index is 0.635. The largest absolute Gasteiger partial charge is 0.309 e. The van der Waals surface area contributed by atoms with Gasteiger partial charge in [-0.25, -0.2) is 0 Å². The van der Waals surface area contributed by atoms with Gasteiger partial charge in [-0.1, -0.05) is 121 Å². The fraction of sp³-hybridized carbons (Fsp3) is 0.0690. The summed E-state index contributed by atoms with van der Waals surface area (Å²) in [4.78, 5) is 4.77. The number of hydrogen-bond donors (Lipinski definition) is 0. The number of rotatable bonds is 8. The Morgan fingerprint density at radius 2 is 0.710 bits per heavy atom. The Morgan fingerprint density at radius 1 is 0.323 bits per heavy atom. The molecule has 0 unspecified atom stereocenters. The van der Waals surface area contributed by atoms with Crippen molar-refractivity contribution in [2.45, 2.75) is 27.7 Å². The highest BCUT2D eigenvalue weighted by molar-refractivity contribution is 6.28. The molecule has 4 nitrogen and oxygen atoms in total. The van der Waals surface area contributed by atoms with E-state index >= 15 is 0 Å². The van der Waals surface area contributed by atoms with Crippen molar-refractivity contribution in [2.75, 3.05) is 9.80 Å². The van der Waals surface area contributed by atoms with Crippen LogP contribution in [0.5, 0.6) is 0 Å². The third-order valence-corrected chi connectivity index (χ3v) is 12.3. The lowest BCUT2D eigenvalue weighted by molar-refractivity contribution is 1.23. The van der Waals surface area contributed by atoms with Crippen LogP contribution in [0.15, 0.2) is 182 Å². The van der Waals surface area contributed by atoms with Gasteiger partial charge in [-0.2, -0.15) is 10.5 Å². The second kappa shape index (κ2) is 15.4. The van der Waals surface area contributed by atoms with Gasteiger partial charge in [0.2, 0.25) is 0 Å². The highest BCUT2D eigenvalue weighted by atomic mass is 15.2. The van der Waals surface area contributed by atoms with Crippen LogP contribution in [0.3, 0.4) is 0 Å². The second-order valence-corrected chi connectivity index (χ2v) is 16.2. The SMILES string of the molecule is Cc1cc(C#N)ccc1N(c1cc(-c2ccccc2)ccc1C)c1ccc2ccc3c(N(c4ccc(C#N)cc4C)c4cc(-c5ccccc5)ccc4C)ccc4ccc1c2c43. The van der Waals surface area contributed by atoms with Gasteiger partial charge in [0.15, 0.2) is 0 Å². The molecule has 0 amide bonds. The first kappa shape index (κ1) is 38.0. The number of nitriles is 2. The Hall–Kier alpha value is -8.18. The Bertz CT molecular complexity index is 3200. The zero-order valence-electron chi connectivity index (χ0n) is 35.1. The summed E-state index contributed by atoms with van der Waals surface area (Å²) in [6.07, 6.45) is 0. The Kier molecular flexibility index (Phi) is 9.48. The molecule has 0 bridgehead atoms. The number of benzene rings is 10. The molecule has 0 radical (unpaired) electrons. The maximum Gasteiger partial charge on any atom is 0.0991 e. The highest BCUT2D eigenvalue weighted by Crippen LogP contribution is 2.50. The summed E-state index contributed by atoms with van der Waals surface area (Å²) in [5.41, 5.74) is 16.5. The third-order valence-electron chi connectivity index (χ3n) is 12.3. The lowest BCUT2D eigenvalue weighted by atomic mass is 9.91. The van der Waals surface area contributed by atoms with Crippen LogP contribution in [0.4, 0.5) is 34.1 Å². The highest BCUT2D eigenvalue weighted by Gasteiger charge is 2.25. The third kappa shape index (κ3) is 6.47. The molecule has 0 fully saturated rings. The van der Waals surface area contributed by atoms with Crippen LogP contribution in [0.2, 0.25) is 0 Å². The summed E-state index contributed by atoms with van der Waals surface area (Å²) in [6, 6.07) is 69.2. The van der Waals surface area contributed by atoms with Gasteiger partial charge in [0.25, 0.3) is 0 Å². The minimum atomic E-state index is 0.635. The molecule has 10 aromatic carbocycles. The second-order valence-electron chi connectivity index (χ2n) is 16.2. The van der Waals surface area contributed by atoms with Crippen molar-refractivity contribution < 1.29 is 0 Å². The normalized spacial score (nSPS) is 11.2. The molecule has 62 heavy (non-hydrogen) atoms. The zero-order chi connectivity index (χ0) is 42.5. The first-order valence-electron chi connectivity index (χ1n) is 21.0. The van der Waals surface area contributed by atoms with Crippen molar-refractivity contribution in [1.29, 1.82) is 10.5 Å². The average molecular weight is 795 g/mol. The van der Waals surface area contributed by atoms with E-state index in [1.54, 1.807) is 0 Å². The van der Waals surface area contributed by atoms with Crippen LogP contribution >= 0.6 is 0 Å². The molecule has 0 saturated carbocycles. The van der Waals surface area contributed by atoms with Gasteiger partial charge in [0.05, 0.1) is 34.6 Å². The van der Waals surface area contributed by atoms with Crippen LogP contribution in [-0.2, 0) is 0 Å². The van der Waals surface area contributed by atoms with Gasteiger partial charge < -0.3 is 9.80 Å². The summed E-state index contributed by atoms with van der Waals surface area (Å²) in [5.74, 6) is 0. The minimum Gasteiger partial charge on any atom is -0.309 e. The van der Waals surface area contributed by atoms with Gasteiger partial charge in [0.1, 0.15) is 0 Å². The van der Waals surface area contributed by atoms with Crippen LogP contribution in [-0.4, -0.2) is 0 Å². The number of nitrogens with zero attached hydrogens (tertiary/aromatic N) is 4. The van der Waals surface area contributed by atoms with Crippen LogP contribution in [0, 0.1) is 50.4 Å². The van der Waals surface area contributed by atoms with E-state index in [2.05, 4.69) is 207 Å². The Labute approximate surface area is 362 Å². The fourth-order valence-electron chi connectivity index (χ4n) is 9.21. The lowest BCUT2D eigenvalue weighted by Gasteiger charge is -2.32. The van der Waals surface area contributed by atoms with Gasteiger partial charge in [-0.3, -0.25) is 0 Å². The molecular formula is C58H42N4. The summed E-state index contributed by atoms with van der Waals surface area (Å²) in [6.45, 7) is 8.53.